The molecule has 0 amide bonds. The Labute approximate surface area is 138 Å². The molecule has 0 radical (unpaired) electrons. The number of aliphatic carboxylic acids is 2. The summed E-state index contributed by atoms with van der Waals surface area (Å²) in [7, 11) is 0. The van der Waals surface area contributed by atoms with Gasteiger partial charge >= 0.3 is 11.9 Å². The van der Waals surface area contributed by atoms with Crippen LogP contribution in [0, 0.1) is 5.92 Å². The van der Waals surface area contributed by atoms with E-state index in [0.717, 1.165) is 38.8 Å². The summed E-state index contributed by atoms with van der Waals surface area (Å²) in [4.78, 5) is 20.8. The van der Waals surface area contributed by atoms with Gasteiger partial charge in [-0.1, -0.05) is 26.7 Å². The molecule has 0 bridgehead atoms. The molecular weight excluding hydrogens is 298 g/mol. The Morgan fingerprint density at radius 1 is 1.17 bits per heavy atom. The first-order chi connectivity index (χ1) is 10.8. The zero-order valence-electron chi connectivity index (χ0n) is 14.4. The van der Waals surface area contributed by atoms with Crippen LogP contribution < -0.4 is 16.8 Å². The van der Waals surface area contributed by atoms with Crippen molar-refractivity contribution >= 4 is 11.9 Å². The van der Waals surface area contributed by atoms with Gasteiger partial charge < -0.3 is 27.0 Å². The lowest BCUT2D eigenvalue weighted by molar-refractivity contribution is -0.143. The molecule has 7 nitrogen and oxygen atoms in total. The van der Waals surface area contributed by atoms with Crippen LogP contribution in [-0.2, 0) is 9.59 Å². The van der Waals surface area contributed by atoms with Gasteiger partial charge in [-0.2, -0.15) is 0 Å². The van der Waals surface area contributed by atoms with E-state index in [1.165, 1.54) is 0 Å². The Balaban J connectivity index is 0.000000392. The van der Waals surface area contributed by atoms with Crippen molar-refractivity contribution in [3.05, 3.63) is 0 Å². The zero-order chi connectivity index (χ0) is 17.9. The lowest BCUT2D eigenvalue weighted by Gasteiger charge is -2.23. The van der Waals surface area contributed by atoms with E-state index >= 15 is 0 Å². The van der Waals surface area contributed by atoms with Crippen molar-refractivity contribution in [2.45, 2.75) is 70.4 Å². The molecule has 0 aromatic heterocycles. The maximum absolute atomic E-state index is 10.4. The van der Waals surface area contributed by atoms with Gasteiger partial charge in [-0.25, -0.2) is 0 Å². The van der Waals surface area contributed by atoms with Crippen LogP contribution >= 0.6 is 0 Å². The van der Waals surface area contributed by atoms with Crippen molar-refractivity contribution < 1.29 is 19.8 Å². The van der Waals surface area contributed by atoms with E-state index in [2.05, 4.69) is 5.32 Å². The first kappa shape index (κ1) is 21.8. The SMILES string of the molecule is CC.NC(CC1CCNCC1)C(=O)O.NC1(C(=O)O)CCCC1. The standard InChI is InChI=1S/C8H16N2O2.C6H11NO2.C2H6/c9-7(8(11)12)5-6-1-3-10-4-2-6;7-6(5(8)9)3-1-2-4-6;1-2/h6-7,10H,1-5,9H2,(H,11,12);1-4,7H2,(H,8,9);1-2H3. The largest absolute Gasteiger partial charge is 0.480 e. The van der Waals surface area contributed by atoms with E-state index in [4.69, 9.17) is 21.7 Å². The van der Waals surface area contributed by atoms with Gasteiger partial charge in [0, 0.05) is 0 Å². The first-order valence-corrected chi connectivity index (χ1v) is 8.56. The molecule has 2 fully saturated rings. The van der Waals surface area contributed by atoms with Gasteiger partial charge in [-0.3, -0.25) is 9.59 Å². The second-order valence-electron chi connectivity index (χ2n) is 6.04. The molecular formula is C16H33N3O4. The van der Waals surface area contributed by atoms with E-state index in [1.54, 1.807) is 0 Å². The van der Waals surface area contributed by atoms with Crippen LogP contribution in [0.5, 0.6) is 0 Å². The Hall–Kier alpha value is -1.18. The van der Waals surface area contributed by atoms with Gasteiger partial charge in [0.2, 0.25) is 0 Å². The highest BCUT2D eigenvalue weighted by atomic mass is 16.4. The third-order valence-corrected chi connectivity index (χ3v) is 4.28. The van der Waals surface area contributed by atoms with Crippen LogP contribution in [0.1, 0.15) is 58.8 Å². The quantitative estimate of drug-likeness (QED) is 0.521. The summed E-state index contributed by atoms with van der Waals surface area (Å²) in [6.07, 6.45) is 5.94. The second-order valence-corrected chi connectivity index (χ2v) is 6.04. The van der Waals surface area contributed by atoms with Gasteiger partial charge in [-0.05, 0) is 51.1 Å². The predicted molar refractivity (Wildman–Crippen MR) is 90.2 cm³/mol. The highest BCUT2D eigenvalue weighted by Gasteiger charge is 2.36. The van der Waals surface area contributed by atoms with Crippen LogP contribution in [0.3, 0.4) is 0 Å². The molecule has 7 N–H and O–H groups in total. The van der Waals surface area contributed by atoms with Crippen molar-refractivity contribution in [3.8, 4) is 0 Å². The molecule has 1 aliphatic carbocycles. The van der Waals surface area contributed by atoms with Gasteiger partial charge in [0.05, 0.1) is 0 Å². The van der Waals surface area contributed by atoms with E-state index in [0.29, 0.717) is 25.2 Å². The summed E-state index contributed by atoms with van der Waals surface area (Å²) in [5, 5.41) is 20.3. The van der Waals surface area contributed by atoms with Crippen molar-refractivity contribution in [3.63, 3.8) is 0 Å². The summed E-state index contributed by atoms with van der Waals surface area (Å²) < 4.78 is 0. The summed E-state index contributed by atoms with van der Waals surface area (Å²) in [5.41, 5.74) is 10.0. The normalized spacial score (nSPS) is 21.2. The Kier molecular flexibility index (Phi) is 10.8. The fourth-order valence-electron chi connectivity index (χ4n) is 2.80. The van der Waals surface area contributed by atoms with Crippen molar-refractivity contribution in [2.24, 2.45) is 17.4 Å². The van der Waals surface area contributed by atoms with Crippen LogP contribution in [0.4, 0.5) is 0 Å². The second kappa shape index (κ2) is 11.4. The van der Waals surface area contributed by atoms with Gasteiger partial charge in [0.25, 0.3) is 0 Å². The van der Waals surface area contributed by atoms with E-state index in [-0.39, 0.29) is 0 Å². The summed E-state index contributed by atoms with van der Waals surface area (Å²) in [6, 6.07) is -0.673. The smallest absolute Gasteiger partial charge is 0.323 e. The number of nitrogens with two attached hydrogens (primary N) is 2. The molecule has 0 spiro atoms. The summed E-state index contributed by atoms with van der Waals surface area (Å²) in [5.74, 6) is -1.23. The van der Waals surface area contributed by atoms with E-state index in [1.807, 2.05) is 13.8 Å². The number of hydrogen-bond donors (Lipinski definition) is 5. The van der Waals surface area contributed by atoms with E-state index in [9.17, 15) is 9.59 Å². The Morgan fingerprint density at radius 3 is 2.00 bits per heavy atom. The average molecular weight is 331 g/mol. The molecule has 0 aromatic rings. The monoisotopic (exact) mass is 331 g/mol. The Bertz CT molecular complexity index is 351. The molecule has 23 heavy (non-hydrogen) atoms. The third-order valence-electron chi connectivity index (χ3n) is 4.28. The number of piperidine rings is 1. The zero-order valence-corrected chi connectivity index (χ0v) is 14.4. The molecule has 1 atom stereocenters. The maximum atomic E-state index is 10.4. The summed E-state index contributed by atoms with van der Waals surface area (Å²) >= 11 is 0. The first-order valence-electron chi connectivity index (χ1n) is 8.56. The van der Waals surface area contributed by atoms with Crippen LogP contribution in [0.15, 0.2) is 0 Å². The molecule has 2 rings (SSSR count). The lowest BCUT2D eigenvalue weighted by Crippen LogP contribution is -2.44. The number of hydrogen-bond acceptors (Lipinski definition) is 5. The van der Waals surface area contributed by atoms with Gasteiger partial charge in [-0.15, -0.1) is 0 Å². The molecule has 2 aliphatic rings. The molecule has 1 heterocycles. The number of carboxylic acids is 2. The molecule has 7 heteroatoms. The molecule has 1 aliphatic heterocycles. The fraction of sp³-hybridized carbons (Fsp3) is 0.875. The third kappa shape index (κ3) is 8.29. The summed E-state index contributed by atoms with van der Waals surface area (Å²) in [6.45, 7) is 5.99. The molecule has 0 aromatic carbocycles. The van der Waals surface area contributed by atoms with Crippen molar-refractivity contribution in [2.75, 3.05) is 13.1 Å². The minimum atomic E-state index is -0.889. The molecule has 1 unspecified atom stereocenters. The van der Waals surface area contributed by atoms with E-state index < -0.39 is 23.5 Å². The minimum Gasteiger partial charge on any atom is -0.480 e. The van der Waals surface area contributed by atoms with Crippen molar-refractivity contribution in [1.82, 2.24) is 5.32 Å². The predicted octanol–water partition coefficient (Wildman–Crippen LogP) is 1.16. The minimum absolute atomic E-state index is 0.498. The Morgan fingerprint density at radius 2 is 1.65 bits per heavy atom. The van der Waals surface area contributed by atoms with Gasteiger partial charge in [0.1, 0.15) is 11.6 Å². The lowest BCUT2D eigenvalue weighted by atomic mass is 9.91. The molecule has 1 saturated heterocycles. The molecule has 136 valence electrons. The number of carboxylic acid groups (broad SMARTS) is 2. The average Bonchev–Trinajstić information content (AvgIpc) is 2.99. The van der Waals surface area contributed by atoms with Crippen LogP contribution in [-0.4, -0.2) is 46.8 Å². The number of carbonyl (C=O) groups is 2. The maximum Gasteiger partial charge on any atom is 0.323 e. The topological polar surface area (TPSA) is 139 Å². The van der Waals surface area contributed by atoms with Crippen LogP contribution in [0.2, 0.25) is 0 Å². The van der Waals surface area contributed by atoms with Crippen LogP contribution in [0.25, 0.3) is 0 Å². The van der Waals surface area contributed by atoms with Crippen molar-refractivity contribution in [1.29, 1.82) is 0 Å². The number of nitrogens with one attached hydrogen (secondary N) is 1. The number of rotatable bonds is 4. The highest BCUT2D eigenvalue weighted by molar-refractivity contribution is 5.78. The molecule has 1 saturated carbocycles. The highest BCUT2D eigenvalue weighted by Crippen LogP contribution is 2.26. The fourth-order valence-corrected chi connectivity index (χ4v) is 2.80. The van der Waals surface area contributed by atoms with Gasteiger partial charge in [0.15, 0.2) is 0 Å².